The molecule has 0 bridgehead atoms. The van der Waals surface area contributed by atoms with Gasteiger partial charge in [0.25, 0.3) is 0 Å². The second-order valence-electron chi connectivity index (χ2n) is 5.22. The predicted octanol–water partition coefficient (Wildman–Crippen LogP) is 3.56. The normalized spacial score (nSPS) is 17.2. The minimum Gasteiger partial charge on any atom is -0.478 e. The molecule has 0 radical (unpaired) electrons. The Morgan fingerprint density at radius 3 is 2.53 bits per heavy atom. The molecule has 1 aliphatic rings. The van der Waals surface area contributed by atoms with E-state index in [0.717, 1.165) is 25.7 Å². The van der Waals surface area contributed by atoms with Crippen molar-refractivity contribution in [3.8, 4) is 0 Å². The van der Waals surface area contributed by atoms with Gasteiger partial charge in [-0.05, 0) is 31.0 Å². The zero-order valence-electron chi connectivity index (χ0n) is 10.7. The van der Waals surface area contributed by atoms with Gasteiger partial charge in [0.05, 0.1) is 11.3 Å². The van der Waals surface area contributed by atoms with Crippen molar-refractivity contribution in [1.29, 1.82) is 0 Å². The van der Waals surface area contributed by atoms with Gasteiger partial charge in [0, 0.05) is 10.4 Å². The fraction of sp³-hybridized carbons (Fsp3) is 0.429. The predicted molar refractivity (Wildman–Crippen MR) is 73.6 cm³/mol. The Morgan fingerprint density at radius 1 is 1.32 bits per heavy atom. The van der Waals surface area contributed by atoms with E-state index in [2.05, 4.69) is 5.32 Å². The summed E-state index contributed by atoms with van der Waals surface area (Å²) in [5.41, 5.74) is -0.0763. The highest BCUT2D eigenvalue weighted by Gasteiger charge is 2.36. The highest BCUT2D eigenvalue weighted by atomic mass is 35.5. The van der Waals surface area contributed by atoms with Gasteiger partial charge in [0.1, 0.15) is 0 Å². The lowest BCUT2D eigenvalue weighted by atomic mass is 9.87. The summed E-state index contributed by atoms with van der Waals surface area (Å²) in [6.45, 7) is 1.92. The Hall–Kier alpha value is -1.55. The van der Waals surface area contributed by atoms with Crippen molar-refractivity contribution in [3.63, 3.8) is 0 Å². The number of rotatable bonds is 3. The number of hydrogen-bond acceptors (Lipinski definition) is 2. The summed E-state index contributed by atoms with van der Waals surface area (Å²) in [6.07, 6.45) is 3.76. The van der Waals surface area contributed by atoms with E-state index >= 15 is 0 Å². The summed E-state index contributed by atoms with van der Waals surface area (Å²) in [6, 6.07) is 4.44. The van der Waals surface area contributed by atoms with Gasteiger partial charge in [0.15, 0.2) is 0 Å². The molecule has 0 spiro atoms. The smallest absolute Gasteiger partial charge is 0.337 e. The number of carbonyl (C=O) groups excluding carboxylic acids is 1. The lowest BCUT2D eigenvalue weighted by molar-refractivity contribution is -0.124. The maximum absolute atomic E-state index is 12.3. The first kappa shape index (κ1) is 13.9. The molecule has 1 saturated carbocycles. The highest BCUT2D eigenvalue weighted by molar-refractivity contribution is 6.31. The van der Waals surface area contributed by atoms with E-state index in [1.54, 1.807) is 6.07 Å². The lowest BCUT2D eigenvalue weighted by Gasteiger charge is -2.22. The molecule has 2 rings (SSSR count). The Labute approximate surface area is 116 Å². The number of hydrogen-bond donors (Lipinski definition) is 2. The molecule has 0 atom stereocenters. The summed E-state index contributed by atoms with van der Waals surface area (Å²) in [4.78, 5) is 23.4. The van der Waals surface area contributed by atoms with Gasteiger partial charge in [-0.3, -0.25) is 4.79 Å². The first-order valence-corrected chi connectivity index (χ1v) is 6.64. The molecular formula is C14H16ClNO3. The molecule has 19 heavy (non-hydrogen) atoms. The van der Waals surface area contributed by atoms with Gasteiger partial charge >= 0.3 is 5.97 Å². The van der Waals surface area contributed by atoms with E-state index in [1.165, 1.54) is 12.1 Å². The monoisotopic (exact) mass is 281 g/mol. The molecule has 102 valence electrons. The molecule has 1 amide bonds. The van der Waals surface area contributed by atoms with Crippen LogP contribution in [0, 0.1) is 5.41 Å². The van der Waals surface area contributed by atoms with Crippen molar-refractivity contribution in [2.24, 2.45) is 5.41 Å². The molecule has 1 aromatic carbocycles. The third-order valence-electron chi connectivity index (χ3n) is 3.72. The number of carbonyl (C=O) groups is 2. The second-order valence-corrected chi connectivity index (χ2v) is 5.65. The van der Waals surface area contributed by atoms with Gasteiger partial charge in [-0.1, -0.05) is 31.4 Å². The van der Waals surface area contributed by atoms with Crippen LogP contribution in [0.4, 0.5) is 5.69 Å². The largest absolute Gasteiger partial charge is 0.478 e. The topological polar surface area (TPSA) is 66.4 Å². The van der Waals surface area contributed by atoms with Gasteiger partial charge < -0.3 is 10.4 Å². The highest BCUT2D eigenvalue weighted by Crippen LogP contribution is 2.38. The molecule has 0 saturated heterocycles. The molecular weight excluding hydrogens is 266 g/mol. The van der Waals surface area contributed by atoms with Crippen LogP contribution in [-0.4, -0.2) is 17.0 Å². The van der Waals surface area contributed by atoms with E-state index < -0.39 is 11.4 Å². The van der Waals surface area contributed by atoms with Crippen molar-refractivity contribution in [3.05, 3.63) is 28.8 Å². The summed E-state index contributed by atoms with van der Waals surface area (Å²) in [5.74, 6) is -1.22. The number of aromatic carboxylic acids is 1. The number of carboxylic acids is 1. The zero-order chi connectivity index (χ0) is 14.0. The molecule has 0 unspecified atom stereocenters. The summed E-state index contributed by atoms with van der Waals surface area (Å²) < 4.78 is 0. The van der Waals surface area contributed by atoms with E-state index in [1.807, 2.05) is 6.92 Å². The molecule has 0 heterocycles. The zero-order valence-corrected chi connectivity index (χ0v) is 11.5. The molecule has 4 nitrogen and oxygen atoms in total. The van der Waals surface area contributed by atoms with E-state index in [4.69, 9.17) is 16.7 Å². The standard InChI is InChI=1S/C14H16ClNO3/c1-14(6-2-3-7-14)13(19)16-11-5-4-9(15)8-10(11)12(17)18/h4-5,8H,2-3,6-7H2,1H3,(H,16,19)(H,17,18). The third-order valence-corrected chi connectivity index (χ3v) is 3.95. The fourth-order valence-corrected chi connectivity index (χ4v) is 2.63. The van der Waals surface area contributed by atoms with Crippen LogP contribution in [0.15, 0.2) is 18.2 Å². The average molecular weight is 282 g/mol. The first-order chi connectivity index (χ1) is 8.92. The van der Waals surface area contributed by atoms with E-state index in [9.17, 15) is 9.59 Å². The molecule has 2 N–H and O–H groups in total. The van der Waals surface area contributed by atoms with Crippen LogP contribution in [-0.2, 0) is 4.79 Å². The Balaban J connectivity index is 2.23. The van der Waals surface area contributed by atoms with Gasteiger partial charge in [-0.2, -0.15) is 0 Å². The van der Waals surface area contributed by atoms with Crippen LogP contribution in [0.2, 0.25) is 5.02 Å². The van der Waals surface area contributed by atoms with Crippen molar-refractivity contribution < 1.29 is 14.7 Å². The van der Waals surface area contributed by atoms with Crippen molar-refractivity contribution in [2.45, 2.75) is 32.6 Å². The Bertz CT molecular complexity index is 521. The number of carboxylic acid groups (broad SMARTS) is 1. The van der Waals surface area contributed by atoms with Crippen LogP contribution in [0.5, 0.6) is 0 Å². The van der Waals surface area contributed by atoms with Crippen LogP contribution >= 0.6 is 11.6 Å². The minimum absolute atomic E-state index is 0.0162. The molecule has 5 heteroatoms. The van der Waals surface area contributed by atoms with Gasteiger partial charge in [-0.25, -0.2) is 4.79 Å². The van der Waals surface area contributed by atoms with Gasteiger partial charge in [-0.15, -0.1) is 0 Å². The lowest BCUT2D eigenvalue weighted by Crippen LogP contribution is -2.31. The molecule has 1 fully saturated rings. The SMILES string of the molecule is CC1(C(=O)Nc2ccc(Cl)cc2C(=O)O)CCCC1. The van der Waals surface area contributed by atoms with Crippen LogP contribution in [0.3, 0.4) is 0 Å². The van der Waals surface area contributed by atoms with Crippen LogP contribution < -0.4 is 5.32 Å². The fourth-order valence-electron chi connectivity index (χ4n) is 2.46. The van der Waals surface area contributed by atoms with Gasteiger partial charge in [0.2, 0.25) is 5.91 Å². The van der Waals surface area contributed by atoms with Crippen molar-refractivity contribution in [2.75, 3.05) is 5.32 Å². The summed E-state index contributed by atoms with van der Waals surface area (Å²) >= 11 is 5.78. The Morgan fingerprint density at radius 2 is 1.95 bits per heavy atom. The number of nitrogens with one attached hydrogen (secondary N) is 1. The average Bonchev–Trinajstić information content (AvgIpc) is 2.79. The van der Waals surface area contributed by atoms with Crippen molar-refractivity contribution >= 4 is 29.2 Å². The van der Waals surface area contributed by atoms with E-state index in [0.29, 0.717) is 10.7 Å². The number of halogens is 1. The Kier molecular flexibility index (Phi) is 3.80. The summed E-state index contributed by atoms with van der Waals surface area (Å²) in [5, 5.41) is 12.2. The molecule has 0 aromatic heterocycles. The first-order valence-electron chi connectivity index (χ1n) is 6.27. The number of anilines is 1. The third kappa shape index (κ3) is 2.89. The van der Waals surface area contributed by atoms with E-state index in [-0.39, 0.29) is 11.5 Å². The maximum Gasteiger partial charge on any atom is 0.337 e. The van der Waals surface area contributed by atoms with Crippen molar-refractivity contribution in [1.82, 2.24) is 0 Å². The quantitative estimate of drug-likeness (QED) is 0.890. The minimum atomic E-state index is -1.10. The van der Waals surface area contributed by atoms with Crippen LogP contribution in [0.25, 0.3) is 0 Å². The second kappa shape index (κ2) is 5.21. The molecule has 0 aliphatic heterocycles. The number of benzene rings is 1. The van der Waals surface area contributed by atoms with Crippen LogP contribution in [0.1, 0.15) is 43.0 Å². The maximum atomic E-state index is 12.3. The molecule has 1 aliphatic carbocycles. The summed E-state index contributed by atoms with van der Waals surface area (Å²) in [7, 11) is 0. The number of amides is 1. The molecule has 1 aromatic rings.